The summed E-state index contributed by atoms with van der Waals surface area (Å²) in [5.41, 5.74) is -0.210. The van der Waals surface area contributed by atoms with Crippen molar-refractivity contribution >= 4 is 5.97 Å². The van der Waals surface area contributed by atoms with Gasteiger partial charge in [-0.3, -0.25) is 0 Å². The van der Waals surface area contributed by atoms with Gasteiger partial charge in [0.2, 0.25) is 0 Å². The number of ether oxygens (including phenoxy) is 2. The van der Waals surface area contributed by atoms with E-state index in [-0.39, 0.29) is 17.7 Å². The van der Waals surface area contributed by atoms with Gasteiger partial charge in [-0.05, 0) is 37.5 Å². The Hall–Kier alpha value is -0.570. The van der Waals surface area contributed by atoms with Crippen LogP contribution in [0.4, 0.5) is 0 Å². The highest BCUT2D eigenvalue weighted by Gasteiger charge is 2.69. The number of carbonyl (C=O) groups is 1. The fourth-order valence-corrected chi connectivity index (χ4v) is 3.59. The van der Waals surface area contributed by atoms with Gasteiger partial charge in [-0.2, -0.15) is 0 Å². The smallest absolute Gasteiger partial charge is 0.338 e. The Bertz CT molecular complexity index is 300. The van der Waals surface area contributed by atoms with Crippen molar-refractivity contribution in [2.45, 2.75) is 58.7 Å². The third kappa shape index (κ3) is 1.99. The van der Waals surface area contributed by atoms with Crippen molar-refractivity contribution < 1.29 is 14.3 Å². The van der Waals surface area contributed by atoms with Crippen molar-refractivity contribution in [3.05, 3.63) is 0 Å². The monoisotopic (exact) mass is 240 g/mol. The second kappa shape index (κ2) is 4.60. The van der Waals surface area contributed by atoms with E-state index in [0.29, 0.717) is 24.4 Å². The number of epoxide rings is 1. The van der Waals surface area contributed by atoms with Crippen LogP contribution in [0.1, 0.15) is 47.0 Å². The molecule has 0 bridgehead atoms. The Labute approximate surface area is 104 Å². The van der Waals surface area contributed by atoms with Gasteiger partial charge >= 0.3 is 5.97 Å². The summed E-state index contributed by atoms with van der Waals surface area (Å²) in [6.07, 6.45) is 3.30. The molecule has 1 spiro atoms. The minimum absolute atomic E-state index is 0.160. The highest BCUT2D eigenvalue weighted by Crippen LogP contribution is 2.57. The Balaban J connectivity index is 2.14. The molecule has 1 heterocycles. The van der Waals surface area contributed by atoms with Crippen LogP contribution in [-0.4, -0.2) is 24.3 Å². The van der Waals surface area contributed by atoms with Gasteiger partial charge in [0.1, 0.15) is 5.60 Å². The highest BCUT2D eigenvalue weighted by atomic mass is 16.7. The van der Waals surface area contributed by atoms with E-state index in [0.717, 1.165) is 0 Å². The van der Waals surface area contributed by atoms with Crippen molar-refractivity contribution in [1.82, 2.24) is 0 Å². The molecule has 2 aliphatic rings. The van der Waals surface area contributed by atoms with Crippen molar-refractivity contribution in [1.29, 1.82) is 0 Å². The van der Waals surface area contributed by atoms with Crippen LogP contribution in [-0.2, 0) is 14.3 Å². The topological polar surface area (TPSA) is 38.8 Å². The first-order valence-corrected chi connectivity index (χ1v) is 6.88. The van der Waals surface area contributed by atoms with E-state index < -0.39 is 0 Å². The highest BCUT2D eigenvalue weighted by molar-refractivity contribution is 5.79. The number of hydrogen-bond donors (Lipinski definition) is 0. The lowest BCUT2D eigenvalue weighted by atomic mass is 9.66. The zero-order valence-electron chi connectivity index (χ0n) is 11.4. The van der Waals surface area contributed by atoms with Gasteiger partial charge in [0.05, 0.1) is 6.61 Å². The molecule has 1 aliphatic carbocycles. The quantitative estimate of drug-likeness (QED) is 0.562. The third-order valence-electron chi connectivity index (χ3n) is 4.48. The Morgan fingerprint density at radius 2 is 2.18 bits per heavy atom. The molecule has 1 aliphatic heterocycles. The Morgan fingerprint density at radius 1 is 1.47 bits per heavy atom. The maximum atomic E-state index is 11.8. The molecule has 4 atom stereocenters. The first-order chi connectivity index (χ1) is 8.04. The van der Waals surface area contributed by atoms with Gasteiger partial charge in [0, 0.05) is 0 Å². The average molecular weight is 240 g/mol. The molecule has 2 rings (SSSR count). The predicted octanol–water partition coefficient (Wildman–Crippen LogP) is 2.78. The molecule has 0 N–H and O–H groups in total. The summed E-state index contributed by atoms with van der Waals surface area (Å²) in [6.45, 7) is 8.96. The lowest BCUT2D eigenvalue weighted by molar-refractivity contribution is -0.144. The fourth-order valence-electron chi connectivity index (χ4n) is 3.59. The lowest BCUT2D eigenvalue weighted by Crippen LogP contribution is -2.42. The second-order valence-electron chi connectivity index (χ2n) is 5.79. The van der Waals surface area contributed by atoms with Crippen LogP contribution in [0.5, 0.6) is 0 Å². The summed E-state index contributed by atoms with van der Waals surface area (Å²) in [4.78, 5) is 11.8. The van der Waals surface area contributed by atoms with Crippen LogP contribution in [0.15, 0.2) is 0 Å². The van der Waals surface area contributed by atoms with Gasteiger partial charge < -0.3 is 9.47 Å². The molecule has 2 fully saturated rings. The lowest BCUT2D eigenvalue weighted by Gasteiger charge is -2.37. The van der Waals surface area contributed by atoms with Gasteiger partial charge in [-0.1, -0.05) is 27.2 Å². The van der Waals surface area contributed by atoms with Crippen molar-refractivity contribution in [3.63, 3.8) is 0 Å². The van der Waals surface area contributed by atoms with Crippen molar-refractivity contribution in [2.24, 2.45) is 17.8 Å². The van der Waals surface area contributed by atoms with E-state index in [9.17, 15) is 4.79 Å². The van der Waals surface area contributed by atoms with E-state index >= 15 is 0 Å². The van der Waals surface area contributed by atoms with Crippen LogP contribution in [0, 0.1) is 17.8 Å². The minimum Gasteiger partial charge on any atom is -0.464 e. The van der Waals surface area contributed by atoms with Crippen LogP contribution in [0.3, 0.4) is 0 Å². The second-order valence-corrected chi connectivity index (χ2v) is 5.79. The summed E-state index contributed by atoms with van der Waals surface area (Å²) >= 11 is 0. The third-order valence-corrected chi connectivity index (χ3v) is 4.48. The first-order valence-electron chi connectivity index (χ1n) is 6.88. The Morgan fingerprint density at radius 3 is 2.76 bits per heavy atom. The standard InChI is InChI=1S/C14H24O3/c1-5-16-13(15)12-14(17-12)10(4)7-6-8-11(14)9(2)3/h9-12H,5-8H2,1-4H3. The summed E-state index contributed by atoms with van der Waals surface area (Å²) in [7, 11) is 0. The molecule has 0 aromatic carbocycles. The van der Waals surface area contributed by atoms with Gasteiger partial charge in [-0.15, -0.1) is 0 Å². The fraction of sp³-hybridized carbons (Fsp3) is 0.929. The molecule has 0 radical (unpaired) electrons. The summed E-state index contributed by atoms with van der Waals surface area (Å²) in [5, 5.41) is 0. The van der Waals surface area contributed by atoms with Crippen molar-refractivity contribution in [3.8, 4) is 0 Å². The molecule has 0 aromatic heterocycles. The SMILES string of the molecule is CCOC(=O)C1OC12C(C)CCCC2C(C)C. The van der Waals surface area contributed by atoms with Crippen LogP contribution in [0.2, 0.25) is 0 Å². The van der Waals surface area contributed by atoms with E-state index in [1.54, 1.807) is 0 Å². The van der Waals surface area contributed by atoms with Crippen LogP contribution in [0.25, 0.3) is 0 Å². The Kier molecular flexibility index (Phi) is 3.48. The molecule has 0 aromatic rings. The zero-order chi connectivity index (χ0) is 12.6. The zero-order valence-corrected chi connectivity index (χ0v) is 11.4. The number of rotatable bonds is 3. The number of carbonyl (C=O) groups excluding carboxylic acids is 1. The molecule has 17 heavy (non-hydrogen) atoms. The van der Waals surface area contributed by atoms with Crippen molar-refractivity contribution in [2.75, 3.05) is 6.61 Å². The molecule has 3 heteroatoms. The number of esters is 1. The summed E-state index contributed by atoms with van der Waals surface area (Å²) in [6, 6.07) is 0. The van der Waals surface area contributed by atoms with E-state index in [2.05, 4.69) is 20.8 Å². The molecular weight excluding hydrogens is 216 g/mol. The average Bonchev–Trinajstić information content (AvgIpc) is 2.99. The van der Waals surface area contributed by atoms with Gasteiger partial charge in [0.25, 0.3) is 0 Å². The molecule has 1 saturated heterocycles. The molecular formula is C14H24O3. The molecule has 4 unspecified atom stereocenters. The van der Waals surface area contributed by atoms with Gasteiger partial charge in [-0.25, -0.2) is 4.79 Å². The predicted molar refractivity (Wildman–Crippen MR) is 65.6 cm³/mol. The largest absolute Gasteiger partial charge is 0.464 e. The van der Waals surface area contributed by atoms with E-state index in [4.69, 9.17) is 9.47 Å². The first kappa shape index (κ1) is 12.9. The summed E-state index contributed by atoms with van der Waals surface area (Å²) in [5.74, 6) is 1.38. The molecule has 1 saturated carbocycles. The normalized spacial score (nSPS) is 40.6. The minimum atomic E-state index is -0.301. The molecule has 3 nitrogen and oxygen atoms in total. The van der Waals surface area contributed by atoms with E-state index in [1.807, 2.05) is 6.92 Å². The molecule has 0 amide bonds. The molecule has 98 valence electrons. The van der Waals surface area contributed by atoms with Crippen LogP contribution < -0.4 is 0 Å². The van der Waals surface area contributed by atoms with Crippen LogP contribution >= 0.6 is 0 Å². The number of hydrogen-bond acceptors (Lipinski definition) is 3. The van der Waals surface area contributed by atoms with E-state index in [1.165, 1.54) is 19.3 Å². The maximum Gasteiger partial charge on any atom is 0.338 e. The maximum absolute atomic E-state index is 11.8. The summed E-state index contributed by atoms with van der Waals surface area (Å²) < 4.78 is 11.0. The van der Waals surface area contributed by atoms with Gasteiger partial charge in [0.15, 0.2) is 6.10 Å².